The molecule has 0 aliphatic heterocycles. The number of aliphatic hydroxyl groups excluding tert-OH is 1. The number of nitrogens with zero attached hydrogens (tertiary/aromatic N) is 2. The first-order valence-corrected chi connectivity index (χ1v) is 5.81. The Balaban J connectivity index is 2.22. The van der Waals surface area contributed by atoms with Crippen molar-refractivity contribution in [3.63, 3.8) is 0 Å². The van der Waals surface area contributed by atoms with Crippen molar-refractivity contribution in [3.05, 3.63) is 35.1 Å². The third kappa shape index (κ3) is 2.43. The van der Waals surface area contributed by atoms with Crippen molar-refractivity contribution in [2.24, 2.45) is 0 Å². The van der Waals surface area contributed by atoms with Gasteiger partial charge < -0.3 is 5.11 Å². The Morgan fingerprint density at radius 1 is 1.25 bits per heavy atom. The molecule has 0 amide bonds. The Hall–Kier alpha value is -1.33. The lowest BCUT2D eigenvalue weighted by atomic mass is 10.2. The zero-order valence-electron chi connectivity index (χ0n) is 8.56. The maximum Gasteiger partial charge on any atom is 0.150 e. The fourth-order valence-corrected chi connectivity index (χ4v) is 2.24. The molecule has 0 aliphatic rings. The van der Waals surface area contributed by atoms with Gasteiger partial charge in [-0.1, -0.05) is 23.5 Å². The van der Waals surface area contributed by atoms with Crippen LogP contribution in [0, 0.1) is 5.82 Å². The highest BCUT2D eigenvalue weighted by Gasteiger charge is 2.09. The number of benzene rings is 1. The fraction of sp³-hybridized carbons (Fsp3) is 0.273. The Morgan fingerprint density at radius 2 is 2.06 bits per heavy atom. The lowest BCUT2D eigenvalue weighted by Gasteiger charge is -1.95. The van der Waals surface area contributed by atoms with Crippen LogP contribution in [-0.2, 0) is 6.42 Å². The van der Waals surface area contributed by atoms with E-state index < -0.39 is 0 Å². The van der Waals surface area contributed by atoms with Gasteiger partial charge in [-0.15, -0.1) is 10.2 Å². The summed E-state index contributed by atoms with van der Waals surface area (Å²) in [5.41, 5.74) is 0.482. The highest BCUT2D eigenvalue weighted by atomic mass is 32.1. The maximum atomic E-state index is 13.4. The van der Waals surface area contributed by atoms with Gasteiger partial charge in [0.1, 0.15) is 10.8 Å². The molecule has 84 valence electrons. The van der Waals surface area contributed by atoms with Gasteiger partial charge >= 0.3 is 0 Å². The monoisotopic (exact) mass is 238 g/mol. The van der Waals surface area contributed by atoms with Crippen molar-refractivity contribution >= 4 is 11.3 Å². The van der Waals surface area contributed by atoms with E-state index in [2.05, 4.69) is 10.2 Å². The Kier molecular flexibility index (Phi) is 3.58. The molecule has 0 saturated carbocycles. The molecule has 0 spiro atoms. The first kappa shape index (κ1) is 11.2. The Morgan fingerprint density at radius 3 is 2.81 bits per heavy atom. The predicted octanol–water partition coefficient (Wildman–Crippen LogP) is 2.27. The molecule has 1 aromatic heterocycles. The second kappa shape index (κ2) is 5.14. The lowest BCUT2D eigenvalue weighted by Crippen LogP contribution is -1.87. The van der Waals surface area contributed by atoms with Crippen molar-refractivity contribution in [1.29, 1.82) is 0 Å². The van der Waals surface area contributed by atoms with Crippen molar-refractivity contribution in [2.45, 2.75) is 12.8 Å². The molecule has 0 radical (unpaired) electrons. The molecule has 3 nitrogen and oxygen atoms in total. The summed E-state index contributed by atoms with van der Waals surface area (Å²) in [6, 6.07) is 6.51. The molecule has 0 aliphatic carbocycles. The second-order valence-electron chi connectivity index (χ2n) is 3.31. The first-order chi connectivity index (χ1) is 7.81. The van der Waals surface area contributed by atoms with Crippen LogP contribution >= 0.6 is 11.3 Å². The van der Waals surface area contributed by atoms with Crippen LogP contribution in [0.2, 0.25) is 0 Å². The van der Waals surface area contributed by atoms with E-state index in [4.69, 9.17) is 5.11 Å². The SMILES string of the molecule is OCCCc1nnc(-c2ccccc2F)s1. The smallest absolute Gasteiger partial charge is 0.150 e. The topological polar surface area (TPSA) is 46.0 Å². The number of hydrogen-bond donors (Lipinski definition) is 1. The second-order valence-corrected chi connectivity index (χ2v) is 4.37. The summed E-state index contributed by atoms with van der Waals surface area (Å²) >= 11 is 1.37. The van der Waals surface area contributed by atoms with E-state index in [9.17, 15) is 4.39 Å². The van der Waals surface area contributed by atoms with Crippen LogP contribution in [0.1, 0.15) is 11.4 Å². The van der Waals surface area contributed by atoms with Crippen LogP contribution in [0.25, 0.3) is 10.6 Å². The van der Waals surface area contributed by atoms with Crippen LogP contribution in [0.4, 0.5) is 4.39 Å². The largest absolute Gasteiger partial charge is 0.396 e. The molecular formula is C11H11FN2OS. The third-order valence-corrected chi connectivity index (χ3v) is 3.14. The van der Waals surface area contributed by atoms with Gasteiger partial charge in [-0.2, -0.15) is 0 Å². The van der Waals surface area contributed by atoms with E-state index in [0.29, 0.717) is 23.4 Å². The van der Waals surface area contributed by atoms with Crippen molar-refractivity contribution < 1.29 is 9.50 Å². The Bertz CT molecular complexity index is 473. The summed E-state index contributed by atoms with van der Waals surface area (Å²) in [5.74, 6) is -0.285. The van der Waals surface area contributed by atoms with Gasteiger partial charge in [0.15, 0.2) is 5.01 Å². The minimum atomic E-state index is -0.285. The summed E-state index contributed by atoms with van der Waals surface area (Å²) in [6.07, 6.45) is 1.34. The molecule has 0 bridgehead atoms. The van der Waals surface area contributed by atoms with Crippen molar-refractivity contribution in [3.8, 4) is 10.6 Å². The number of aliphatic hydroxyl groups is 1. The van der Waals surface area contributed by atoms with Crippen LogP contribution in [0.15, 0.2) is 24.3 Å². The molecule has 0 fully saturated rings. The quantitative estimate of drug-likeness (QED) is 0.888. The number of rotatable bonds is 4. The van der Waals surface area contributed by atoms with Crippen molar-refractivity contribution in [2.75, 3.05) is 6.61 Å². The predicted molar refractivity (Wildman–Crippen MR) is 60.7 cm³/mol. The molecule has 0 saturated heterocycles. The first-order valence-electron chi connectivity index (χ1n) is 4.99. The summed E-state index contributed by atoms with van der Waals surface area (Å²) in [5, 5.41) is 18.0. The van der Waals surface area contributed by atoms with Gasteiger partial charge in [0.05, 0.1) is 0 Å². The summed E-state index contributed by atoms with van der Waals surface area (Å²) in [6.45, 7) is 0.134. The standard InChI is InChI=1S/C11H11FN2OS/c12-9-5-2-1-4-8(9)11-14-13-10(16-11)6-3-7-15/h1-2,4-5,15H,3,6-7H2. The molecule has 16 heavy (non-hydrogen) atoms. The van der Waals surface area contributed by atoms with Crippen LogP contribution in [0.3, 0.4) is 0 Å². The van der Waals surface area contributed by atoms with E-state index in [0.717, 1.165) is 5.01 Å². The number of hydrogen-bond acceptors (Lipinski definition) is 4. The maximum absolute atomic E-state index is 13.4. The molecule has 0 unspecified atom stereocenters. The van der Waals surface area contributed by atoms with Crippen LogP contribution in [-0.4, -0.2) is 21.9 Å². The highest BCUT2D eigenvalue weighted by Crippen LogP contribution is 2.26. The molecule has 0 atom stereocenters. The highest BCUT2D eigenvalue weighted by molar-refractivity contribution is 7.14. The van der Waals surface area contributed by atoms with E-state index in [-0.39, 0.29) is 12.4 Å². The molecule has 1 aromatic carbocycles. The molecule has 2 rings (SSSR count). The van der Waals surface area contributed by atoms with E-state index in [1.54, 1.807) is 18.2 Å². The van der Waals surface area contributed by atoms with E-state index >= 15 is 0 Å². The average molecular weight is 238 g/mol. The van der Waals surface area contributed by atoms with Gasteiger partial charge in [0.2, 0.25) is 0 Å². The van der Waals surface area contributed by atoms with Crippen LogP contribution < -0.4 is 0 Å². The zero-order valence-corrected chi connectivity index (χ0v) is 9.38. The molecular weight excluding hydrogens is 227 g/mol. The average Bonchev–Trinajstić information content (AvgIpc) is 2.75. The fourth-order valence-electron chi connectivity index (χ4n) is 1.33. The minimum absolute atomic E-state index is 0.134. The molecule has 2 aromatic rings. The van der Waals surface area contributed by atoms with E-state index in [1.807, 2.05) is 0 Å². The summed E-state index contributed by atoms with van der Waals surface area (Å²) < 4.78 is 13.4. The summed E-state index contributed by atoms with van der Waals surface area (Å²) in [7, 11) is 0. The van der Waals surface area contributed by atoms with Gasteiger partial charge in [-0.25, -0.2) is 4.39 Å². The number of halogens is 1. The zero-order chi connectivity index (χ0) is 11.4. The van der Waals surface area contributed by atoms with Crippen molar-refractivity contribution in [1.82, 2.24) is 10.2 Å². The summed E-state index contributed by atoms with van der Waals surface area (Å²) in [4.78, 5) is 0. The van der Waals surface area contributed by atoms with Crippen LogP contribution in [0.5, 0.6) is 0 Å². The number of aryl methyl sites for hydroxylation is 1. The molecule has 1 heterocycles. The minimum Gasteiger partial charge on any atom is -0.396 e. The number of aromatic nitrogens is 2. The van der Waals surface area contributed by atoms with Gasteiger partial charge in [0, 0.05) is 18.6 Å². The van der Waals surface area contributed by atoms with Gasteiger partial charge in [0.25, 0.3) is 0 Å². The van der Waals surface area contributed by atoms with Gasteiger partial charge in [-0.3, -0.25) is 0 Å². The molecule has 1 N–H and O–H groups in total. The lowest BCUT2D eigenvalue weighted by molar-refractivity contribution is 0.288. The van der Waals surface area contributed by atoms with E-state index in [1.165, 1.54) is 17.4 Å². The normalized spacial score (nSPS) is 10.6. The Labute approximate surface area is 96.6 Å². The third-order valence-electron chi connectivity index (χ3n) is 2.12. The molecule has 5 heteroatoms. The van der Waals surface area contributed by atoms with Gasteiger partial charge in [-0.05, 0) is 18.6 Å².